The van der Waals surface area contributed by atoms with Gasteiger partial charge in [0.05, 0.1) is 12.7 Å². The molecule has 0 aliphatic carbocycles. The predicted octanol–water partition coefficient (Wildman–Crippen LogP) is 8.33. The number of allylic oxidation sites excluding steroid dienone is 1. The molecule has 0 fully saturated rings. The van der Waals surface area contributed by atoms with Gasteiger partial charge in [-0.2, -0.15) is 0 Å². The number of benzene rings is 5. The molecule has 0 bridgehead atoms. The molecule has 0 aliphatic rings. The zero-order chi connectivity index (χ0) is 29.0. The van der Waals surface area contributed by atoms with Crippen LogP contribution in [-0.2, 0) is 19.8 Å². The fourth-order valence-corrected chi connectivity index (χ4v) is 4.27. The van der Waals surface area contributed by atoms with Crippen LogP contribution in [0.5, 0.6) is 23.0 Å². The third kappa shape index (κ3) is 7.89. The molecule has 0 unspecified atom stereocenters. The molecule has 5 nitrogen and oxygen atoms in total. The van der Waals surface area contributed by atoms with Crippen molar-refractivity contribution in [2.75, 3.05) is 7.11 Å². The Kier molecular flexibility index (Phi) is 9.67. The summed E-state index contributed by atoms with van der Waals surface area (Å²) in [5.74, 6) is 1.91. The Hall–Kier alpha value is -5.29. The lowest BCUT2D eigenvalue weighted by Gasteiger charge is -2.16. The van der Waals surface area contributed by atoms with E-state index in [2.05, 4.69) is 0 Å². The quantitative estimate of drug-likeness (QED) is 0.108. The molecular formula is C37H32O5. The second-order valence-electron chi connectivity index (χ2n) is 9.59. The van der Waals surface area contributed by atoms with E-state index in [1.54, 1.807) is 25.3 Å². The first kappa shape index (κ1) is 28.2. The Bertz CT molecular complexity index is 1600. The zero-order valence-electron chi connectivity index (χ0n) is 23.4. The van der Waals surface area contributed by atoms with Crippen molar-refractivity contribution in [1.82, 2.24) is 0 Å². The second-order valence-corrected chi connectivity index (χ2v) is 9.59. The summed E-state index contributed by atoms with van der Waals surface area (Å²) in [6.07, 6.45) is 3.31. The first-order chi connectivity index (χ1) is 20.7. The minimum atomic E-state index is -0.213. The van der Waals surface area contributed by atoms with E-state index in [0.29, 0.717) is 42.6 Å². The van der Waals surface area contributed by atoms with Crippen LogP contribution in [0, 0.1) is 0 Å². The monoisotopic (exact) mass is 556 g/mol. The van der Waals surface area contributed by atoms with Gasteiger partial charge < -0.3 is 18.9 Å². The molecule has 0 saturated heterocycles. The van der Waals surface area contributed by atoms with Gasteiger partial charge in [0.25, 0.3) is 0 Å². The summed E-state index contributed by atoms with van der Waals surface area (Å²) in [6, 6.07) is 40.7. The summed E-state index contributed by atoms with van der Waals surface area (Å²) in [6.45, 7) is 1.15. The third-order valence-electron chi connectivity index (χ3n) is 6.56. The molecule has 0 radical (unpaired) electrons. The van der Waals surface area contributed by atoms with Crippen LogP contribution in [0.3, 0.4) is 0 Å². The minimum Gasteiger partial charge on any atom is -0.493 e. The Labute approximate surface area is 246 Å². The van der Waals surface area contributed by atoms with Gasteiger partial charge in [0.1, 0.15) is 31.3 Å². The molecule has 0 amide bonds. The van der Waals surface area contributed by atoms with E-state index in [1.165, 1.54) is 6.08 Å². The summed E-state index contributed by atoms with van der Waals surface area (Å²) in [7, 11) is 1.56. The lowest BCUT2D eigenvalue weighted by molar-refractivity contribution is 0.104. The maximum Gasteiger partial charge on any atom is 0.189 e. The fourth-order valence-electron chi connectivity index (χ4n) is 4.27. The maximum atomic E-state index is 13.4. The fraction of sp³-hybridized carbons (Fsp3) is 0.108. The SMILES string of the molecule is COc1cc(C(=O)/C=C/c2ccc(OCc3ccccc3)cc2)c(OCc2ccccc2)cc1OCc1ccccc1. The van der Waals surface area contributed by atoms with Gasteiger partial charge in [-0.05, 0) is 46.5 Å². The lowest BCUT2D eigenvalue weighted by atomic mass is 10.1. The highest BCUT2D eigenvalue weighted by Crippen LogP contribution is 2.36. The van der Waals surface area contributed by atoms with E-state index in [-0.39, 0.29) is 5.78 Å². The summed E-state index contributed by atoms with van der Waals surface area (Å²) in [5, 5.41) is 0. The molecule has 0 spiro atoms. The molecule has 5 heteroatoms. The lowest BCUT2D eigenvalue weighted by Crippen LogP contribution is -2.05. The highest BCUT2D eigenvalue weighted by molar-refractivity contribution is 6.09. The van der Waals surface area contributed by atoms with E-state index < -0.39 is 0 Å². The summed E-state index contributed by atoms with van der Waals surface area (Å²) < 4.78 is 23.7. The highest BCUT2D eigenvalue weighted by Gasteiger charge is 2.18. The number of hydrogen-bond acceptors (Lipinski definition) is 5. The standard InChI is InChI=1S/C37H32O5/c1-39-36-23-33(34(38)22-19-28-17-20-32(21-18-28)40-25-29-11-5-2-6-12-29)35(41-26-30-13-7-3-8-14-30)24-37(36)42-27-31-15-9-4-10-16-31/h2-24H,25-27H2,1H3/b22-19+. The maximum absolute atomic E-state index is 13.4. The molecule has 210 valence electrons. The number of methoxy groups -OCH3 is 1. The van der Waals surface area contributed by atoms with E-state index in [0.717, 1.165) is 28.0 Å². The van der Waals surface area contributed by atoms with Gasteiger partial charge in [-0.15, -0.1) is 0 Å². The molecule has 42 heavy (non-hydrogen) atoms. The first-order valence-corrected chi connectivity index (χ1v) is 13.7. The summed E-state index contributed by atoms with van der Waals surface area (Å²) in [4.78, 5) is 13.4. The minimum absolute atomic E-state index is 0.213. The highest BCUT2D eigenvalue weighted by atomic mass is 16.5. The van der Waals surface area contributed by atoms with Gasteiger partial charge in [-0.3, -0.25) is 4.79 Å². The van der Waals surface area contributed by atoms with Crippen molar-refractivity contribution in [1.29, 1.82) is 0 Å². The van der Waals surface area contributed by atoms with Gasteiger partial charge >= 0.3 is 0 Å². The molecule has 5 aromatic carbocycles. The van der Waals surface area contributed by atoms with Crippen LogP contribution >= 0.6 is 0 Å². The Morgan fingerprint density at radius 1 is 0.571 bits per heavy atom. The average molecular weight is 557 g/mol. The Morgan fingerprint density at radius 3 is 1.60 bits per heavy atom. The molecule has 0 heterocycles. The molecular weight excluding hydrogens is 524 g/mol. The second kappa shape index (κ2) is 14.4. The summed E-state index contributed by atoms with van der Waals surface area (Å²) >= 11 is 0. The molecule has 5 rings (SSSR count). The number of carbonyl (C=O) groups is 1. The summed E-state index contributed by atoms with van der Waals surface area (Å²) in [5.41, 5.74) is 4.37. The van der Waals surface area contributed by atoms with Crippen LogP contribution in [0.15, 0.2) is 133 Å². The van der Waals surface area contributed by atoms with E-state index in [9.17, 15) is 4.79 Å². The number of ketones is 1. The molecule has 0 N–H and O–H groups in total. The van der Waals surface area contributed by atoms with Gasteiger partial charge in [0.2, 0.25) is 0 Å². The van der Waals surface area contributed by atoms with Gasteiger partial charge in [-0.25, -0.2) is 0 Å². The van der Waals surface area contributed by atoms with Crippen LogP contribution in [0.25, 0.3) is 6.08 Å². The zero-order valence-corrected chi connectivity index (χ0v) is 23.4. The van der Waals surface area contributed by atoms with Crippen molar-refractivity contribution in [2.24, 2.45) is 0 Å². The Balaban J connectivity index is 1.33. The van der Waals surface area contributed by atoms with E-state index >= 15 is 0 Å². The van der Waals surface area contributed by atoms with E-state index in [1.807, 2.05) is 115 Å². The topological polar surface area (TPSA) is 54.0 Å². The molecule has 0 aromatic heterocycles. The van der Waals surface area contributed by atoms with Crippen LogP contribution in [0.4, 0.5) is 0 Å². The van der Waals surface area contributed by atoms with Gasteiger partial charge in [-0.1, -0.05) is 109 Å². The van der Waals surface area contributed by atoms with Crippen LogP contribution in [0.1, 0.15) is 32.6 Å². The van der Waals surface area contributed by atoms with Crippen molar-refractivity contribution in [3.05, 3.63) is 161 Å². The van der Waals surface area contributed by atoms with Crippen LogP contribution in [-0.4, -0.2) is 12.9 Å². The van der Waals surface area contributed by atoms with Crippen molar-refractivity contribution in [3.8, 4) is 23.0 Å². The van der Waals surface area contributed by atoms with Crippen molar-refractivity contribution < 1.29 is 23.7 Å². The molecule has 5 aromatic rings. The normalized spacial score (nSPS) is 10.8. The van der Waals surface area contributed by atoms with Crippen LogP contribution in [0.2, 0.25) is 0 Å². The average Bonchev–Trinajstić information content (AvgIpc) is 3.06. The largest absolute Gasteiger partial charge is 0.493 e. The number of hydrogen-bond donors (Lipinski definition) is 0. The number of ether oxygens (including phenoxy) is 4. The van der Waals surface area contributed by atoms with Crippen molar-refractivity contribution >= 4 is 11.9 Å². The van der Waals surface area contributed by atoms with Gasteiger partial charge in [0.15, 0.2) is 17.3 Å². The van der Waals surface area contributed by atoms with Crippen molar-refractivity contribution in [3.63, 3.8) is 0 Å². The van der Waals surface area contributed by atoms with Crippen molar-refractivity contribution in [2.45, 2.75) is 19.8 Å². The number of carbonyl (C=O) groups excluding carboxylic acids is 1. The third-order valence-corrected chi connectivity index (χ3v) is 6.56. The predicted molar refractivity (Wildman–Crippen MR) is 165 cm³/mol. The first-order valence-electron chi connectivity index (χ1n) is 13.7. The molecule has 0 atom stereocenters. The Morgan fingerprint density at radius 2 is 1.07 bits per heavy atom. The smallest absolute Gasteiger partial charge is 0.189 e. The van der Waals surface area contributed by atoms with Gasteiger partial charge in [0, 0.05) is 6.07 Å². The number of rotatable bonds is 13. The van der Waals surface area contributed by atoms with E-state index in [4.69, 9.17) is 18.9 Å². The molecule has 0 aliphatic heterocycles. The molecule has 0 saturated carbocycles. The van der Waals surface area contributed by atoms with Crippen LogP contribution < -0.4 is 18.9 Å².